The zero-order valence-corrected chi connectivity index (χ0v) is 7.93. The molecule has 1 fully saturated rings. The maximum Gasteiger partial charge on any atom is 0.164 e. The highest BCUT2D eigenvalue weighted by Gasteiger charge is 2.43. The second kappa shape index (κ2) is 3.02. The van der Waals surface area contributed by atoms with E-state index in [4.69, 9.17) is 0 Å². The first-order chi connectivity index (χ1) is 6.53. The van der Waals surface area contributed by atoms with E-state index in [9.17, 15) is 13.9 Å². The lowest BCUT2D eigenvalue weighted by atomic mass is 9.90. The molecule has 1 N–H and O–H groups in total. The Hall–Kier alpha value is -0.960. The molecule has 1 aliphatic rings. The highest BCUT2D eigenvalue weighted by Crippen LogP contribution is 2.46. The molecule has 76 valence electrons. The van der Waals surface area contributed by atoms with Gasteiger partial charge in [0.25, 0.3) is 0 Å². The van der Waals surface area contributed by atoms with Gasteiger partial charge in [0.05, 0.1) is 5.60 Å². The summed E-state index contributed by atoms with van der Waals surface area (Å²) in [5.74, 6) is -1.76. The van der Waals surface area contributed by atoms with Crippen LogP contribution in [0.3, 0.4) is 0 Å². The van der Waals surface area contributed by atoms with Gasteiger partial charge in [0.2, 0.25) is 0 Å². The van der Waals surface area contributed by atoms with Crippen LogP contribution in [0.2, 0.25) is 0 Å². The SMILES string of the molecule is CC(O)(c1cccc(F)c1F)C1CC1. The van der Waals surface area contributed by atoms with E-state index >= 15 is 0 Å². The maximum absolute atomic E-state index is 13.4. The van der Waals surface area contributed by atoms with Crippen LogP contribution in [0, 0.1) is 17.6 Å². The normalized spacial score (nSPS) is 20.6. The molecule has 0 spiro atoms. The van der Waals surface area contributed by atoms with Crippen molar-refractivity contribution in [2.24, 2.45) is 5.92 Å². The molecule has 14 heavy (non-hydrogen) atoms. The fraction of sp³-hybridized carbons (Fsp3) is 0.455. The first-order valence-corrected chi connectivity index (χ1v) is 4.70. The summed E-state index contributed by atoms with van der Waals surface area (Å²) in [7, 11) is 0. The molecule has 0 heterocycles. The van der Waals surface area contributed by atoms with Crippen LogP contribution in [0.5, 0.6) is 0 Å². The van der Waals surface area contributed by atoms with Crippen LogP contribution in [0.25, 0.3) is 0 Å². The van der Waals surface area contributed by atoms with Gasteiger partial charge in [0.1, 0.15) is 0 Å². The van der Waals surface area contributed by atoms with Gasteiger partial charge in [0, 0.05) is 5.56 Å². The molecule has 0 aromatic heterocycles. The first-order valence-electron chi connectivity index (χ1n) is 4.70. The first kappa shape index (κ1) is 9.59. The van der Waals surface area contributed by atoms with E-state index in [1.165, 1.54) is 12.1 Å². The van der Waals surface area contributed by atoms with E-state index in [0.29, 0.717) is 0 Å². The zero-order valence-electron chi connectivity index (χ0n) is 7.93. The van der Waals surface area contributed by atoms with E-state index in [2.05, 4.69) is 0 Å². The van der Waals surface area contributed by atoms with Crippen molar-refractivity contribution >= 4 is 0 Å². The van der Waals surface area contributed by atoms with E-state index in [1.54, 1.807) is 6.92 Å². The average molecular weight is 198 g/mol. The van der Waals surface area contributed by atoms with Gasteiger partial charge in [-0.2, -0.15) is 0 Å². The number of benzene rings is 1. The van der Waals surface area contributed by atoms with Crippen LogP contribution in [-0.2, 0) is 5.60 Å². The molecule has 1 aliphatic carbocycles. The fourth-order valence-electron chi connectivity index (χ4n) is 1.76. The van der Waals surface area contributed by atoms with Gasteiger partial charge in [-0.25, -0.2) is 8.78 Å². The van der Waals surface area contributed by atoms with Crippen molar-refractivity contribution in [2.75, 3.05) is 0 Å². The standard InChI is InChI=1S/C11H12F2O/c1-11(14,7-5-6-7)8-3-2-4-9(12)10(8)13/h2-4,7,14H,5-6H2,1H3. The van der Waals surface area contributed by atoms with Crippen molar-refractivity contribution < 1.29 is 13.9 Å². The molecule has 1 atom stereocenters. The Balaban J connectivity index is 2.44. The zero-order chi connectivity index (χ0) is 10.3. The molecule has 0 aliphatic heterocycles. The van der Waals surface area contributed by atoms with E-state index in [1.807, 2.05) is 0 Å². The van der Waals surface area contributed by atoms with E-state index in [0.717, 1.165) is 18.9 Å². The Kier molecular flexibility index (Phi) is 2.07. The Morgan fingerprint density at radius 2 is 2.00 bits per heavy atom. The summed E-state index contributed by atoms with van der Waals surface area (Å²) in [6.45, 7) is 1.54. The van der Waals surface area contributed by atoms with E-state index in [-0.39, 0.29) is 11.5 Å². The molecule has 1 saturated carbocycles. The minimum absolute atomic E-state index is 0.0683. The van der Waals surface area contributed by atoms with Gasteiger partial charge in [-0.3, -0.25) is 0 Å². The van der Waals surface area contributed by atoms with Crippen molar-refractivity contribution in [3.8, 4) is 0 Å². The third-order valence-electron chi connectivity index (χ3n) is 2.87. The smallest absolute Gasteiger partial charge is 0.164 e. The third kappa shape index (κ3) is 1.42. The van der Waals surface area contributed by atoms with Crippen molar-refractivity contribution in [2.45, 2.75) is 25.4 Å². The summed E-state index contributed by atoms with van der Waals surface area (Å²) < 4.78 is 26.3. The lowest BCUT2D eigenvalue weighted by molar-refractivity contribution is 0.0288. The number of aliphatic hydroxyl groups is 1. The minimum atomic E-state index is -1.23. The van der Waals surface area contributed by atoms with Crippen LogP contribution < -0.4 is 0 Å². The van der Waals surface area contributed by atoms with Crippen molar-refractivity contribution in [1.29, 1.82) is 0 Å². The Morgan fingerprint density at radius 3 is 2.57 bits per heavy atom. The van der Waals surface area contributed by atoms with Crippen LogP contribution >= 0.6 is 0 Å². The number of halogens is 2. The second-order valence-electron chi connectivity index (χ2n) is 4.02. The molecular weight excluding hydrogens is 186 g/mol. The van der Waals surface area contributed by atoms with Gasteiger partial charge in [-0.05, 0) is 31.7 Å². The molecule has 1 aromatic carbocycles. The molecule has 0 bridgehead atoms. The number of hydrogen-bond acceptors (Lipinski definition) is 1. The van der Waals surface area contributed by atoms with Crippen molar-refractivity contribution in [3.05, 3.63) is 35.4 Å². The van der Waals surface area contributed by atoms with Crippen LogP contribution in [0.15, 0.2) is 18.2 Å². The monoisotopic (exact) mass is 198 g/mol. The van der Waals surface area contributed by atoms with Gasteiger partial charge in [0.15, 0.2) is 11.6 Å². The van der Waals surface area contributed by atoms with Crippen molar-refractivity contribution in [3.63, 3.8) is 0 Å². The molecule has 0 saturated heterocycles. The fourth-order valence-corrected chi connectivity index (χ4v) is 1.76. The molecule has 1 unspecified atom stereocenters. The summed E-state index contributed by atoms with van der Waals surface area (Å²) in [4.78, 5) is 0. The average Bonchev–Trinajstić information content (AvgIpc) is 2.92. The molecule has 2 rings (SSSR count). The van der Waals surface area contributed by atoms with Gasteiger partial charge < -0.3 is 5.11 Å². The van der Waals surface area contributed by atoms with Crippen LogP contribution in [0.4, 0.5) is 8.78 Å². The molecule has 3 heteroatoms. The minimum Gasteiger partial charge on any atom is -0.385 e. The summed E-state index contributed by atoms with van der Waals surface area (Å²) in [5, 5.41) is 10.0. The van der Waals surface area contributed by atoms with Gasteiger partial charge in [-0.1, -0.05) is 12.1 Å². The molecule has 1 nitrogen and oxygen atoms in total. The maximum atomic E-state index is 13.4. The third-order valence-corrected chi connectivity index (χ3v) is 2.87. The van der Waals surface area contributed by atoms with Crippen molar-refractivity contribution in [1.82, 2.24) is 0 Å². The summed E-state index contributed by atoms with van der Waals surface area (Å²) in [6.07, 6.45) is 1.76. The van der Waals surface area contributed by atoms with Crippen LogP contribution in [-0.4, -0.2) is 5.11 Å². The largest absolute Gasteiger partial charge is 0.385 e. The molecule has 0 amide bonds. The van der Waals surface area contributed by atoms with Crippen LogP contribution in [0.1, 0.15) is 25.3 Å². The Labute approximate surface area is 81.4 Å². The predicted molar refractivity (Wildman–Crippen MR) is 48.7 cm³/mol. The highest BCUT2D eigenvalue weighted by molar-refractivity contribution is 5.26. The summed E-state index contributed by atoms with van der Waals surface area (Å²) >= 11 is 0. The Bertz CT molecular complexity index is 356. The highest BCUT2D eigenvalue weighted by atomic mass is 19.2. The van der Waals surface area contributed by atoms with E-state index < -0.39 is 17.2 Å². The molecular formula is C11H12F2O. The lowest BCUT2D eigenvalue weighted by Gasteiger charge is -2.24. The summed E-state index contributed by atoms with van der Waals surface area (Å²) in [6, 6.07) is 3.92. The Morgan fingerprint density at radius 1 is 1.36 bits per heavy atom. The topological polar surface area (TPSA) is 20.2 Å². The van der Waals surface area contributed by atoms with Gasteiger partial charge >= 0.3 is 0 Å². The number of hydrogen-bond donors (Lipinski definition) is 1. The predicted octanol–water partition coefficient (Wildman–Crippen LogP) is 2.58. The lowest BCUT2D eigenvalue weighted by Crippen LogP contribution is -2.25. The van der Waals surface area contributed by atoms with Gasteiger partial charge in [-0.15, -0.1) is 0 Å². The molecule has 0 radical (unpaired) electrons. The number of rotatable bonds is 2. The summed E-state index contributed by atoms with van der Waals surface area (Å²) in [5.41, 5.74) is -1.16. The molecule has 1 aromatic rings. The quantitative estimate of drug-likeness (QED) is 0.774. The second-order valence-corrected chi connectivity index (χ2v) is 4.02.